The standard InChI is InChI=1S/C28H28O5/c1-3-4-5-19-32-25-16-12-23(13-17-25)28(30)33-26-8-6-7-21(20-26)9-18-27(29)22-10-14-24(31-2)15-11-22/h6-18,20H,3-5,19H2,1-2H3/b18-9+. The number of benzene rings is 3. The number of carbonyl (C=O) groups is 2. The smallest absolute Gasteiger partial charge is 0.343 e. The molecule has 5 heteroatoms. The third kappa shape index (κ3) is 7.35. The number of rotatable bonds is 11. The van der Waals surface area contributed by atoms with Crippen LogP contribution in [0.25, 0.3) is 6.08 Å². The average Bonchev–Trinajstić information content (AvgIpc) is 2.86. The van der Waals surface area contributed by atoms with E-state index in [1.54, 1.807) is 79.9 Å². The van der Waals surface area contributed by atoms with Crippen LogP contribution in [0.4, 0.5) is 0 Å². The molecule has 0 aliphatic rings. The molecule has 0 heterocycles. The van der Waals surface area contributed by atoms with Crippen LogP contribution in [0, 0.1) is 0 Å². The first-order valence-corrected chi connectivity index (χ1v) is 11.0. The summed E-state index contributed by atoms with van der Waals surface area (Å²) in [5.41, 5.74) is 1.75. The number of ether oxygens (including phenoxy) is 3. The van der Waals surface area contributed by atoms with Crippen LogP contribution in [0.3, 0.4) is 0 Å². The highest BCUT2D eigenvalue weighted by Gasteiger charge is 2.09. The SMILES string of the molecule is CCCCCOc1ccc(C(=O)Oc2cccc(/C=C/C(=O)c3ccc(OC)cc3)c2)cc1. The lowest BCUT2D eigenvalue weighted by Gasteiger charge is -2.08. The molecule has 0 bridgehead atoms. The lowest BCUT2D eigenvalue weighted by atomic mass is 10.1. The minimum absolute atomic E-state index is 0.128. The summed E-state index contributed by atoms with van der Waals surface area (Å²) in [7, 11) is 1.58. The van der Waals surface area contributed by atoms with Crippen molar-refractivity contribution in [3.63, 3.8) is 0 Å². The highest BCUT2D eigenvalue weighted by molar-refractivity contribution is 6.06. The summed E-state index contributed by atoms with van der Waals surface area (Å²) < 4.78 is 16.3. The Hall–Kier alpha value is -3.86. The highest BCUT2D eigenvalue weighted by Crippen LogP contribution is 2.19. The largest absolute Gasteiger partial charge is 0.497 e. The molecule has 0 radical (unpaired) electrons. The topological polar surface area (TPSA) is 61.8 Å². The van der Waals surface area contributed by atoms with Gasteiger partial charge >= 0.3 is 5.97 Å². The van der Waals surface area contributed by atoms with E-state index in [1.165, 1.54) is 6.08 Å². The van der Waals surface area contributed by atoms with Gasteiger partial charge in [0.25, 0.3) is 0 Å². The van der Waals surface area contributed by atoms with Crippen LogP contribution in [0.2, 0.25) is 0 Å². The molecule has 3 aromatic rings. The fourth-order valence-electron chi connectivity index (χ4n) is 3.10. The second kappa shape index (κ2) is 12.2. The first-order valence-electron chi connectivity index (χ1n) is 11.0. The van der Waals surface area contributed by atoms with E-state index < -0.39 is 5.97 Å². The number of hydrogen-bond acceptors (Lipinski definition) is 5. The summed E-state index contributed by atoms with van der Waals surface area (Å²) in [6, 6.07) is 20.8. The van der Waals surface area contributed by atoms with Gasteiger partial charge in [-0.3, -0.25) is 4.79 Å². The molecular weight excluding hydrogens is 416 g/mol. The summed E-state index contributed by atoms with van der Waals surface area (Å²) in [5, 5.41) is 0. The Morgan fingerprint density at radius 2 is 1.52 bits per heavy atom. The molecule has 0 amide bonds. The van der Waals surface area contributed by atoms with Crippen molar-refractivity contribution in [2.75, 3.05) is 13.7 Å². The molecule has 0 aliphatic carbocycles. The monoisotopic (exact) mass is 444 g/mol. The van der Waals surface area contributed by atoms with Crippen molar-refractivity contribution >= 4 is 17.8 Å². The van der Waals surface area contributed by atoms with E-state index in [-0.39, 0.29) is 5.78 Å². The molecule has 0 saturated carbocycles. The molecule has 0 spiro atoms. The highest BCUT2D eigenvalue weighted by atomic mass is 16.5. The molecular formula is C28H28O5. The number of methoxy groups -OCH3 is 1. The molecule has 0 N–H and O–H groups in total. The third-order valence-electron chi connectivity index (χ3n) is 4.98. The lowest BCUT2D eigenvalue weighted by molar-refractivity contribution is 0.0734. The third-order valence-corrected chi connectivity index (χ3v) is 4.98. The Kier molecular flexibility index (Phi) is 8.83. The fourth-order valence-corrected chi connectivity index (χ4v) is 3.10. The maximum atomic E-state index is 12.5. The van der Waals surface area contributed by atoms with Crippen LogP contribution >= 0.6 is 0 Å². The summed E-state index contributed by atoms with van der Waals surface area (Å²) in [6.07, 6.45) is 6.46. The van der Waals surface area contributed by atoms with Crippen molar-refractivity contribution in [2.45, 2.75) is 26.2 Å². The first-order chi connectivity index (χ1) is 16.1. The molecule has 33 heavy (non-hydrogen) atoms. The maximum Gasteiger partial charge on any atom is 0.343 e. The molecule has 0 aromatic heterocycles. The van der Waals surface area contributed by atoms with E-state index in [9.17, 15) is 9.59 Å². The normalized spacial score (nSPS) is 10.7. The first kappa shape index (κ1) is 23.8. The zero-order valence-corrected chi connectivity index (χ0v) is 19.0. The average molecular weight is 445 g/mol. The summed E-state index contributed by atoms with van der Waals surface area (Å²) in [4.78, 5) is 24.9. The Balaban J connectivity index is 1.58. The number of esters is 1. The molecule has 0 fully saturated rings. The molecule has 5 nitrogen and oxygen atoms in total. The number of ketones is 1. The Morgan fingerprint density at radius 1 is 0.818 bits per heavy atom. The van der Waals surface area contributed by atoms with Crippen molar-refractivity contribution in [2.24, 2.45) is 0 Å². The Bertz CT molecular complexity index is 1080. The van der Waals surface area contributed by atoms with Gasteiger partial charge in [-0.1, -0.05) is 38.0 Å². The van der Waals surface area contributed by atoms with Crippen molar-refractivity contribution in [3.8, 4) is 17.2 Å². The van der Waals surface area contributed by atoms with Crippen LogP contribution in [0.5, 0.6) is 17.2 Å². The number of allylic oxidation sites excluding steroid dienone is 1. The van der Waals surface area contributed by atoms with Crippen molar-refractivity contribution in [1.29, 1.82) is 0 Å². The summed E-state index contributed by atoms with van der Waals surface area (Å²) in [6.45, 7) is 2.81. The van der Waals surface area contributed by atoms with Crippen LogP contribution < -0.4 is 14.2 Å². The van der Waals surface area contributed by atoms with E-state index in [4.69, 9.17) is 14.2 Å². The van der Waals surface area contributed by atoms with Gasteiger partial charge in [0.05, 0.1) is 19.3 Å². The van der Waals surface area contributed by atoms with Gasteiger partial charge in [-0.15, -0.1) is 0 Å². The zero-order valence-electron chi connectivity index (χ0n) is 19.0. The number of unbranched alkanes of at least 4 members (excludes halogenated alkanes) is 2. The predicted octanol–water partition coefficient (Wildman–Crippen LogP) is 6.38. The van der Waals surface area contributed by atoms with Crippen molar-refractivity contribution < 1.29 is 23.8 Å². The zero-order chi connectivity index (χ0) is 23.5. The van der Waals surface area contributed by atoms with E-state index >= 15 is 0 Å². The second-order valence-electron chi connectivity index (χ2n) is 7.47. The quantitative estimate of drug-likeness (QED) is 0.113. The van der Waals surface area contributed by atoms with Gasteiger partial charge in [0.2, 0.25) is 0 Å². The molecule has 0 atom stereocenters. The van der Waals surface area contributed by atoms with E-state index in [1.807, 2.05) is 6.07 Å². The van der Waals surface area contributed by atoms with Crippen LogP contribution in [-0.2, 0) is 0 Å². The summed E-state index contributed by atoms with van der Waals surface area (Å²) in [5.74, 6) is 1.24. The Labute approximate surface area is 194 Å². The fraction of sp³-hybridized carbons (Fsp3) is 0.214. The maximum absolute atomic E-state index is 12.5. The van der Waals surface area contributed by atoms with E-state index in [2.05, 4.69) is 6.92 Å². The minimum atomic E-state index is -0.456. The van der Waals surface area contributed by atoms with E-state index in [0.29, 0.717) is 29.2 Å². The number of carbonyl (C=O) groups excluding carboxylic acids is 2. The molecule has 3 rings (SSSR count). The van der Waals surface area contributed by atoms with Crippen molar-refractivity contribution in [3.05, 3.63) is 95.6 Å². The van der Waals surface area contributed by atoms with Gasteiger partial charge < -0.3 is 14.2 Å². The summed E-state index contributed by atoms with van der Waals surface area (Å²) >= 11 is 0. The van der Waals surface area contributed by atoms with Gasteiger partial charge in [-0.05, 0) is 78.7 Å². The van der Waals surface area contributed by atoms with Crippen LogP contribution in [-0.4, -0.2) is 25.5 Å². The molecule has 3 aromatic carbocycles. The second-order valence-corrected chi connectivity index (χ2v) is 7.47. The van der Waals surface area contributed by atoms with Gasteiger partial charge in [-0.25, -0.2) is 4.79 Å². The molecule has 0 unspecified atom stereocenters. The van der Waals surface area contributed by atoms with Gasteiger partial charge in [0, 0.05) is 5.56 Å². The minimum Gasteiger partial charge on any atom is -0.497 e. The van der Waals surface area contributed by atoms with Crippen LogP contribution in [0.1, 0.15) is 52.5 Å². The van der Waals surface area contributed by atoms with E-state index in [0.717, 1.165) is 30.6 Å². The van der Waals surface area contributed by atoms with Gasteiger partial charge in [-0.2, -0.15) is 0 Å². The molecule has 170 valence electrons. The molecule has 0 aliphatic heterocycles. The lowest BCUT2D eigenvalue weighted by Crippen LogP contribution is -2.08. The Morgan fingerprint density at radius 3 is 2.21 bits per heavy atom. The van der Waals surface area contributed by atoms with Gasteiger partial charge in [0.15, 0.2) is 5.78 Å². The number of hydrogen-bond donors (Lipinski definition) is 0. The van der Waals surface area contributed by atoms with Crippen LogP contribution in [0.15, 0.2) is 78.9 Å². The van der Waals surface area contributed by atoms with Crippen molar-refractivity contribution in [1.82, 2.24) is 0 Å². The van der Waals surface area contributed by atoms with Gasteiger partial charge in [0.1, 0.15) is 17.2 Å². The molecule has 0 saturated heterocycles. The predicted molar refractivity (Wildman–Crippen MR) is 129 cm³/mol.